The summed E-state index contributed by atoms with van der Waals surface area (Å²) in [6.45, 7) is 5.25. The number of hydrogen-bond donors (Lipinski definition) is 1. The van der Waals surface area contributed by atoms with Gasteiger partial charge in [-0.2, -0.15) is 0 Å². The maximum atomic E-state index is 12.7. The van der Waals surface area contributed by atoms with Gasteiger partial charge in [0.25, 0.3) is 5.91 Å². The van der Waals surface area contributed by atoms with E-state index in [0.29, 0.717) is 36.7 Å². The lowest BCUT2D eigenvalue weighted by Crippen LogP contribution is -2.38. The SMILES string of the molecule is COc1ccc(C(O)C(=O)N2CCc3oc(CCC(C)C)nc3C2)cc1. The number of carbonyl (C=O) groups is 1. The van der Waals surface area contributed by atoms with E-state index >= 15 is 0 Å². The number of rotatable bonds is 6. The molecule has 3 rings (SSSR count). The molecule has 1 N–H and O–H groups in total. The lowest BCUT2D eigenvalue weighted by molar-refractivity contribution is -0.141. The first-order chi connectivity index (χ1) is 12.5. The summed E-state index contributed by atoms with van der Waals surface area (Å²) in [6, 6.07) is 6.88. The van der Waals surface area contributed by atoms with Gasteiger partial charge in [0.05, 0.1) is 13.7 Å². The van der Waals surface area contributed by atoms with Gasteiger partial charge in [-0.1, -0.05) is 26.0 Å². The summed E-state index contributed by atoms with van der Waals surface area (Å²) < 4.78 is 10.9. The highest BCUT2D eigenvalue weighted by atomic mass is 16.5. The van der Waals surface area contributed by atoms with Crippen LogP contribution in [0, 0.1) is 5.92 Å². The molecule has 0 bridgehead atoms. The van der Waals surface area contributed by atoms with E-state index in [1.54, 1.807) is 36.3 Å². The molecule has 1 aliphatic rings. The number of fused-ring (bicyclic) bond motifs is 1. The van der Waals surface area contributed by atoms with Crippen LogP contribution < -0.4 is 4.74 Å². The van der Waals surface area contributed by atoms with Crippen molar-refractivity contribution in [3.63, 3.8) is 0 Å². The molecule has 1 unspecified atom stereocenters. The fraction of sp³-hybridized carbons (Fsp3) is 0.500. The predicted molar refractivity (Wildman–Crippen MR) is 96.7 cm³/mol. The zero-order chi connectivity index (χ0) is 18.7. The van der Waals surface area contributed by atoms with Crippen molar-refractivity contribution in [2.45, 2.75) is 45.8 Å². The first kappa shape index (κ1) is 18.5. The maximum absolute atomic E-state index is 12.7. The molecule has 2 aromatic rings. The number of benzene rings is 1. The average molecular weight is 358 g/mol. The van der Waals surface area contributed by atoms with Gasteiger partial charge in [0.2, 0.25) is 0 Å². The van der Waals surface area contributed by atoms with Crippen LogP contribution in [0.3, 0.4) is 0 Å². The number of aromatic nitrogens is 1. The van der Waals surface area contributed by atoms with Crippen molar-refractivity contribution in [3.05, 3.63) is 47.2 Å². The third-order valence-electron chi connectivity index (χ3n) is 4.68. The van der Waals surface area contributed by atoms with Crippen LogP contribution in [-0.4, -0.2) is 34.6 Å². The van der Waals surface area contributed by atoms with Crippen LogP contribution >= 0.6 is 0 Å². The quantitative estimate of drug-likeness (QED) is 0.859. The number of amides is 1. The summed E-state index contributed by atoms with van der Waals surface area (Å²) in [4.78, 5) is 18.9. The molecule has 0 aliphatic carbocycles. The summed E-state index contributed by atoms with van der Waals surface area (Å²) in [5.74, 6) is 2.58. The molecule has 0 radical (unpaired) electrons. The van der Waals surface area contributed by atoms with Gasteiger partial charge in [-0.05, 0) is 30.0 Å². The number of oxazole rings is 1. The monoisotopic (exact) mass is 358 g/mol. The number of ether oxygens (including phenoxy) is 1. The van der Waals surface area contributed by atoms with Crippen molar-refractivity contribution in [1.29, 1.82) is 0 Å². The van der Waals surface area contributed by atoms with Crippen molar-refractivity contribution < 1.29 is 19.1 Å². The molecule has 1 aromatic heterocycles. The topological polar surface area (TPSA) is 75.8 Å². The normalized spacial score (nSPS) is 15.0. The third-order valence-corrected chi connectivity index (χ3v) is 4.68. The van der Waals surface area contributed by atoms with Gasteiger partial charge in [0.1, 0.15) is 17.2 Å². The first-order valence-electron chi connectivity index (χ1n) is 9.06. The number of hydrogen-bond acceptors (Lipinski definition) is 5. The second-order valence-electron chi connectivity index (χ2n) is 7.10. The minimum Gasteiger partial charge on any atom is -0.497 e. The molecule has 140 valence electrons. The van der Waals surface area contributed by atoms with Crippen LogP contribution in [0.15, 0.2) is 28.7 Å². The number of aryl methyl sites for hydroxylation is 1. The number of methoxy groups -OCH3 is 1. The highest BCUT2D eigenvalue weighted by Crippen LogP contribution is 2.25. The molecule has 6 nitrogen and oxygen atoms in total. The molecule has 1 aliphatic heterocycles. The van der Waals surface area contributed by atoms with E-state index in [-0.39, 0.29) is 5.91 Å². The Hall–Kier alpha value is -2.34. The third kappa shape index (κ3) is 4.07. The summed E-state index contributed by atoms with van der Waals surface area (Å²) in [7, 11) is 1.58. The van der Waals surface area contributed by atoms with E-state index < -0.39 is 6.10 Å². The molecule has 1 amide bonds. The smallest absolute Gasteiger partial charge is 0.256 e. The predicted octanol–water partition coefficient (Wildman–Crippen LogP) is 2.89. The van der Waals surface area contributed by atoms with Gasteiger partial charge < -0.3 is 19.2 Å². The van der Waals surface area contributed by atoms with E-state index in [1.165, 1.54) is 0 Å². The second-order valence-corrected chi connectivity index (χ2v) is 7.10. The van der Waals surface area contributed by atoms with Crippen LogP contribution in [-0.2, 0) is 24.2 Å². The Kier molecular flexibility index (Phi) is 5.61. The first-order valence-corrected chi connectivity index (χ1v) is 9.06. The summed E-state index contributed by atoms with van der Waals surface area (Å²) >= 11 is 0. The lowest BCUT2D eigenvalue weighted by Gasteiger charge is -2.27. The molecule has 6 heteroatoms. The van der Waals surface area contributed by atoms with Crippen molar-refractivity contribution >= 4 is 5.91 Å². The molecule has 0 saturated carbocycles. The Labute approximate surface area is 153 Å². The van der Waals surface area contributed by atoms with E-state index in [9.17, 15) is 9.90 Å². The van der Waals surface area contributed by atoms with Crippen LogP contribution in [0.25, 0.3) is 0 Å². The highest BCUT2D eigenvalue weighted by Gasteiger charge is 2.29. The van der Waals surface area contributed by atoms with Crippen LogP contribution in [0.4, 0.5) is 0 Å². The zero-order valence-electron chi connectivity index (χ0n) is 15.6. The molecule has 1 atom stereocenters. The Morgan fingerprint density at radius 1 is 1.35 bits per heavy atom. The maximum Gasteiger partial charge on any atom is 0.256 e. The Morgan fingerprint density at radius 3 is 2.73 bits per heavy atom. The van der Waals surface area contributed by atoms with Crippen LogP contribution in [0.2, 0.25) is 0 Å². The van der Waals surface area contributed by atoms with E-state index in [0.717, 1.165) is 30.2 Å². The fourth-order valence-electron chi connectivity index (χ4n) is 3.06. The van der Waals surface area contributed by atoms with Gasteiger partial charge in [-0.3, -0.25) is 4.79 Å². The van der Waals surface area contributed by atoms with Crippen molar-refractivity contribution in [3.8, 4) is 5.75 Å². The number of carbonyl (C=O) groups excluding carboxylic acids is 1. The van der Waals surface area contributed by atoms with Gasteiger partial charge in [-0.25, -0.2) is 4.98 Å². The van der Waals surface area contributed by atoms with Crippen molar-refractivity contribution in [2.75, 3.05) is 13.7 Å². The molecule has 26 heavy (non-hydrogen) atoms. The van der Waals surface area contributed by atoms with E-state index in [1.807, 2.05) is 0 Å². The minimum atomic E-state index is -1.19. The number of aliphatic hydroxyl groups is 1. The molecule has 0 fully saturated rings. The van der Waals surface area contributed by atoms with Gasteiger partial charge in [0.15, 0.2) is 12.0 Å². The zero-order valence-corrected chi connectivity index (χ0v) is 15.6. The Balaban J connectivity index is 1.66. The average Bonchev–Trinajstić information content (AvgIpc) is 3.07. The molecule has 0 spiro atoms. The van der Waals surface area contributed by atoms with Gasteiger partial charge >= 0.3 is 0 Å². The molecule has 0 saturated heterocycles. The summed E-state index contributed by atoms with van der Waals surface area (Å²) in [5, 5.41) is 10.4. The minimum absolute atomic E-state index is 0.312. The van der Waals surface area contributed by atoms with Gasteiger partial charge in [0, 0.05) is 19.4 Å². The fourth-order valence-corrected chi connectivity index (χ4v) is 3.06. The number of aliphatic hydroxyl groups excluding tert-OH is 1. The standard InChI is InChI=1S/C20H26N2O4/c1-13(2)4-9-18-21-16-12-22(11-10-17(16)26-18)20(24)19(23)14-5-7-15(25-3)8-6-14/h5-8,13,19,23H,4,9-12H2,1-3H3. The van der Waals surface area contributed by atoms with E-state index in [2.05, 4.69) is 18.8 Å². The van der Waals surface area contributed by atoms with Crippen molar-refractivity contribution in [2.24, 2.45) is 5.92 Å². The van der Waals surface area contributed by atoms with Crippen LogP contribution in [0.1, 0.15) is 49.3 Å². The molecule has 2 heterocycles. The summed E-state index contributed by atoms with van der Waals surface area (Å²) in [6.07, 6.45) is 1.28. The van der Waals surface area contributed by atoms with Gasteiger partial charge in [-0.15, -0.1) is 0 Å². The van der Waals surface area contributed by atoms with E-state index in [4.69, 9.17) is 9.15 Å². The molecular weight excluding hydrogens is 332 g/mol. The molecular formula is C20H26N2O4. The van der Waals surface area contributed by atoms with Crippen LogP contribution in [0.5, 0.6) is 5.75 Å². The molecule has 1 aromatic carbocycles. The van der Waals surface area contributed by atoms with Crippen molar-refractivity contribution in [1.82, 2.24) is 9.88 Å². The highest BCUT2D eigenvalue weighted by molar-refractivity contribution is 5.82. The largest absolute Gasteiger partial charge is 0.497 e. The Bertz CT molecular complexity index is 752. The summed E-state index contributed by atoms with van der Waals surface area (Å²) in [5.41, 5.74) is 1.37. The second kappa shape index (κ2) is 7.91. The number of nitrogens with zero attached hydrogens (tertiary/aromatic N) is 2. The Morgan fingerprint density at radius 2 is 2.08 bits per heavy atom. The lowest BCUT2D eigenvalue weighted by atomic mass is 10.1.